The van der Waals surface area contributed by atoms with Crippen LogP contribution in [0.2, 0.25) is 0 Å². The predicted molar refractivity (Wildman–Crippen MR) is 71.4 cm³/mol. The lowest BCUT2D eigenvalue weighted by molar-refractivity contribution is 0.0159. The summed E-state index contributed by atoms with van der Waals surface area (Å²) in [6.45, 7) is 10.1. The fourth-order valence-electron chi connectivity index (χ4n) is 2.03. The van der Waals surface area contributed by atoms with Crippen LogP contribution in [0.25, 0.3) is 0 Å². The normalized spacial score (nSPS) is 24.0. The second-order valence-corrected chi connectivity index (χ2v) is 6.11. The molecule has 0 aromatic carbocycles. The molecule has 1 N–H and O–H groups in total. The van der Waals surface area contributed by atoms with E-state index in [1.807, 2.05) is 34.6 Å². The molecule has 18 heavy (non-hydrogen) atoms. The number of hydrogen-bond donors (Lipinski definition) is 1. The molecule has 104 valence electrons. The highest BCUT2D eigenvalue weighted by atomic mass is 16.6. The molecule has 1 fully saturated rings. The maximum absolute atomic E-state index is 12.0. The van der Waals surface area contributed by atoms with Crippen LogP contribution in [0.4, 0.5) is 4.79 Å². The van der Waals surface area contributed by atoms with E-state index in [2.05, 4.69) is 6.08 Å². The molecule has 4 heteroatoms. The molecule has 0 bridgehead atoms. The third-order valence-corrected chi connectivity index (χ3v) is 2.91. The van der Waals surface area contributed by atoms with E-state index in [1.54, 1.807) is 4.90 Å². The average Bonchev–Trinajstić information content (AvgIpc) is 2.54. The number of hydrogen-bond acceptors (Lipinski definition) is 3. The van der Waals surface area contributed by atoms with Crippen LogP contribution in [0.15, 0.2) is 11.6 Å². The van der Waals surface area contributed by atoms with E-state index in [1.165, 1.54) is 5.57 Å². The SMILES string of the molecule is CC(C)=CC[C@H]1[C@H](O)CCN1C(=O)OC(C)(C)C. The number of carbonyl (C=O) groups is 1. The Hall–Kier alpha value is -1.03. The van der Waals surface area contributed by atoms with Crippen molar-refractivity contribution in [3.63, 3.8) is 0 Å². The maximum atomic E-state index is 12.0. The van der Waals surface area contributed by atoms with E-state index in [0.29, 0.717) is 19.4 Å². The lowest BCUT2D eigenvalue weighted by atomic mass is 10.1. The zero-order valence-corrected chi connectivity index (χ0v) is 12.1. The second kappa shape index (κ2) is 5.74. The van der Waals surface area contributed by atoms with E-state index < -0.39 is 11.7 Å². The van der Waals surface area contributed by atoms with Crippen molar-refractivity contribution in [1.29, 1.82) is 0 Å². The van der Waals surface area contributed by atoms with Gasteiger partial charge in [0.25, 0.3) is 0 Å². The number of amides is 1. The Labute approximate surface area is 110 Å². The largest absolute Gasteiger partial charge is 0.444 e. The third-order valence-electron chi connectivity index (χ3n) is 2.91. The highest BCUT2D eigenvalue weighted by Gasteiger charge is 2.37. The number of aliphatic hydroxyl groups is 1. The monoisotopic (exact) mass is 255 g/mol. The predicted octanol–water partition coefficient (Wildman–Crippen LogP) is 2.71. The van der Waals surface area contributed by atoms with Gasteiger partial charge in [0.15, 0.2) is 0 Å². The van der Waals surface area contributed by atoms with E-state index in [0.717, 1.165) is 0 Å². The van der Waals surface area contributed by atoms with Gasteiger partial charge in [0, 0.05) is 6.54 Å². The number of likely N-dealkylation sites (tertiary alicyclic amines) is 1. The highest BCUT2D eigenvalue weighted by Crippen LogP contribution is 2.24. The number of carbonyl (C=O) groups excluding carboxylic acids is 1. The molecule has 0 spiro atoms. The Morgan fingerprint density at radius 2 is 2.06 bits per heavy atom. The van der Waals surface area contributed by atoms with Gasteiger partial charge in [-0.2, -0.15) is 0 Å². The Kier molecular flexibility index (Phi) is 4.79. The fourth-order valence-corrected chi connectivity index (χ4v) is 2.03. The molecule has 4 nitrogen and oxygen atoms in total. The van der Waals surface area contributed by atoms with E-state index in [-0.39, 0.29) is 12.1 Å². The molecule has 1 aliphatic heterocycles. The van der Waals surface area contributed by atoms with Crippen molar-refractivity contribution >= 4 is 6.09 Å². The summed E-state index contributed by atoms with van der Waals surface area (Å²) in [6, 6.07) is -0.158. The Morgan fingerprint density at radius 3 is 2.56 bits per heavy atom. The molecule has 0 aliphatic carbocycles. The van der Waals surface area contributed by atoms with Gasteiger partial charge in [-0.1, -0.05) is 11.6 Å². The smallest absolute Gasteiger partial charge is 0.410 e. The van der Waals surface area contributed by atoms with E-state index in [4.69, 9.17) is 4.74 Å². The first-order valence-electron chi connectivity index (χ1n) is 6.52. The van der Waals surface area contributed by atoms with Crippen molar-refractivity contribution in [1.82, 2.24) is 4.90 Å². The number of nitrogens with zero attached hydrogens (tertiary/aromatic N) is 1. The molecular weight excluding hydrogens is 230 g/mol. The van der Waals surface area contributed by atoms with Crippen LogP contribution >= 0.6 is 0 Å². The molecule has 2 atom stereocenters. The minimum Gasteiger partial charge on any atom is -0.444 e. The van der Waals surface area contributed by atoms with Gasteiger partial charge in [0.1, 0.15) is 5.60 Å². The first-order valence-corrected chi connectivity index (χ1v) is 6.52. The van der Waals surface area contributed by atoms with Gasteiger partial charge in [-0.25, -0.2) is 4.79 Å². The number of allylic oxidation sites excluding steroid dienone is 1. The first kappa shape index (κ1) is 15.0. The molecule has 0 aromatic rings. The van der Waals surface area contributed by atoms with Crippen molar-refractivity contribution in [3.8, 4) is 0 Å². The topological polar surface area (TPSA) is 49.8 Å². The molecule has 1 amide bonds. The summed E-state index contributed by atoms with van der Waals surface area (Å²) in [5.41, 5.74) is 0.698. The number of ether oxygens (including phenoxy) is 1. The fraction of sp³-hybridized carbons (Fsp3) is 0.786. The standard InChI is InChI=1S/C14H25NO3/c1-10(2)6-7-11-12(16)8-9-15(11)13(17)18-14(3,4)5/h6,11-12,16H,7-9H2,1-5H3/t11-,12+/m0/s1. The van der Waals surface area contributed by atoms with Crippen molar-refractivity contribution in [2.24, 2.45) is 0 Å². The molecule has 0 saturated carbocycles. The van der Waals surface area contributed by atoms with Gasteiger partial charge < -0.3 is 14.7 Å². The molecule has 0 aromatic heterocycles. The summed E-state index contributed by atoms with van der Waals surface area (Å²) >= 11 is 0. The Bertz CT molecular complexity index is 326. The molecule has 1 aliphatic rings. The summed E-state index contributed by atoms with van der Waals surface area (Å²) in [4.78, 5) is 13.7. The summed E-state index contributed by atoms with van der Waals surface area (Å²) in [6.07, 6.45) is 2.58. The van der Waals surface area contributed by atoms with Gasteiger partial charge in [0.05, 0.1) is 12.1 Å². The molecular formula is C14H25NO3. The molecule has 1 rings (SSSR count). The van der Waals surface area contributed by atoms with Crippen molar-refractivity contribution in [2.75, 3.05) is 6.54 Å². The average molecular weight is 255 g/mol. The van der Waals surface area contributed by atoms with Gasteiger partial charge >= 0.3 is 6.09 Å². The Balaban J connectivity index is 2.68. The van der Waals surface area contributed by atoms with E-state index in [9.17, 15) is 9.90 Å². The quantitative estimate of drug-likeness (QED) is 0.772. The molecule has 0 unspecified atom stereocenters. The van der Waals surface area contributed by atoms with Crippen LogP contribution in [-0.2, 0) is 4.74 Å². The third kappa shape index (κ3) is 4.33. The van der Waals surface area contributed by atoms with Crippen LogP contribution in [0.1, 0.15) is 47.5 Å². The van der Waals surface area contributed by atoms with Crippen LogP contribution in [0.5, 0.6) is 0 Å². The zero-order chi connectivity index (χ0) is 13.9. The van der Waals surface area contributed by atoms with Crippen molar-refractivity contribution < 1.29 is 14.6 Å². The van der Waals surface area contributed by atoms with Crippen molar-refractivity contribution in [2.45, 2.75) is 65.2 Å². The van der Waals surface area contributed by atoms with Crippen LogP contribution in [0, 0.1) is 0 Å². The van der Waals surface area contributed by atoms with Crippen LogP contribution < -0.4 is 0 Å². The Morgan fingerprint density at radius 1 is 1.44 bits per heavy atom. The minimum absolute atomic E-state index is 0.158. The van der Waals surface area contributed by atoms with Gasteiger partial charge in [-0.15, -0.1) is 0 Å². The molecule has 1 saturated heterocycles. The zero-order valence-electron chi connectivity index (χ0n) is 12.1. The molecule has 1 heterocycles. The van der Waals surface area contributed by atoms with Gasteiger partial charge in [-0.3, -0.25) is 0 Å². The van der Waals surface area contributed by atoms with E-state index >= 15 is 0 Å². The first-order chi connectivity index (χ1) is 8.20. The lowest BCUT2D eigenvalue weighted by Gasteiger charge is -2.29. The van der Waals surface area contributed by atoms with Crippen LogP contribution in [0.3, 0.4) is 0 Å². The van der Waals surface area contributed by atoms with Gasteiger partial charge in [-0.05, 0) is 47.5 Å². The number of rotatable bonds is 2. The summed E-state index contributed by atoms with van der Waals surface area (Å²) in [5.74, 6) is 0. The van der Waals surface area contributed by atoms with Crippen molar-refractivity contribution in [3.05, 3.63) is 11.6 Å². The lowest BCUT2D eigenvalue weighted by Crippen LogP contribution is -2.42. The molecule has 0 radical (unpaired) electrons. The van der Waals surface area contributed by atoms with Crippen LogP contribution in [-0.4, -0.2) is 40.4 Å². The number of aliphatic hydroxyl groups excluding tert-OH is 1. The maximum Gasteiger partial charge on any atom is 0.410 e. The summed E-state index contributed by atoms with van der Waals surface area (Å²) < 4.78 is 5.36. The minimum atomic E-state index is -0.494. The van der Waals surface area contributed by atoms with Gasteiger partial charge in [0.2, 0.25) is 0 Å². The summed E-state index contributed by atoms with van der Waals surface area (Å²) in [5, 5.41) is 9.94. The highest BCUT2D eigenvalue weighted by molar-refractivity contribution is 5.69. The second-order valence-electron chi connectivity index (χ2n) is 6.11. The summed E-state index contributed by atoms with van der Waals surface area (Å²) in [7, 11) is 0.